The molecule has 0 aliphatic rings. The fourth-order valence-electron chi connectivity index (χ4n) is 0. The summed E-state index contributed by atoms with van der Waals surface area (Å²) in [4.78, 5) is 0. The highest BCUT2D eigenvalue weighted by atomic mass is 16.3. The number of hydrogen-bond donors (Lipinski definition) is 1. The summed E-state index contributed by atoms with van der Waals surface area (Å²) >= 11 is 0. The highest BCUT2D eigenvalue weighted by molar-refractivity contribution is 4.34. The second-order valence-electron chi connectivity index (χ2n) is 0.930. The Morgan fingerprint density at radius 2 is 3.00 bits per heavy atom. The molecule has 0 aromatic rings. The monoisotopic (exact) mass is 80.1 g/mol. The van der Waals surface area contributed by atoms with Crippen LogP contribution in [0.2, 0.25) is 0 Å². The third kappa shape index (κ3) is 3.96. The summed E-state index contributed by atoms with van der Waals surface area (Å²) in [5.74, 6) is 0. The fourth-order valence-corrected chi connectivity index (χ4v) is 0. The Labute approximate surface area is 38.5 Å². The minimum Gasteiger partial charge on any atom is -0.393 e. The van der Waals surface area contributed by atoms with Crippen molar-refractivity contribution in [3.05, 3.63) is 0 Å². The van der Waals surface area contributed by atoms with Crippen LogP contribution >= 0.6 is 0 Å². The smallest absolute Gasteiger partial charge is 0.0597 e. The van der Waals surface area contributed by atoms with Gasteiger partial charge in [0.05, 0.1) is 7.45 Å². The quantitative estimate of drug-likeness (QED) is 0.498. The average Bonchev–Trinajstić information content (AvgIpc) is 1.69. The molecule has 0 saturated heterocycles. The van der Waals surface area contributed by atoms with Gasteiger partial charge in [0, 0.05) is 4.34 Å². The van der Waals surface area contributed by atoms with Crippen LogP contribution in [0, 0.1) is 0 Å². The number of hydrogen-bond acceptors (Lipinski definition) is 1. The van der Waals surface area contributed by atoms with Crippen molar-refractivity contribution in [3.63, 3.8) is 0 Å². The van der Waals surface area contributed by atoms with Gasteiger partial charge in [-0.25, -0.2) is 0 Å². The minimum atomic E-state index is -1.58. The summed E-state index contributed by atoms with van der Waals surface area (Å²) in [7, 11) is 0. The van der Waals surface area contributed by atoms with Gasteiger partial charge in [0.15, 0.2) is 0 Å². The van der Waals surface area contributed by atoms with E-state index < -0.39 is 12.5 Å². The Balaban J connectivity index is 0. The van der Waals surface area contributed by atoms with Crippen molar-refractivity contribution in [1.82, 2.24) is 0 Å². The van der Waals surface area contributed by atoms with Gasteiger partial charge in [-0.3, -0.25) is 0 Å². The molecule has 0 aromatic carbocycles. The molecule has 0 heterocycles. The van der Waals surface area contributed by atoms with Crippen molar-refractivity contribution in [2.75, 3.05) is 0 Å². The van der Waals surface area contributed by atoms with Gasteiger partial charge in [-0.15, -0.1) is 0 Å². The van der Waals surface area contributed by atoms with E-state index in [0.29, 0.717) is 0 Å². The largest absolute Gasteiger partial charge is 0.393 e. The summed E-state index contributed by atoms with van der Waals surface area (Å²) in [5, 5.41) is 8.57. The van der Waals surface area contributed by atoms with E-state index in [9.17, 15) is 0 Å². The van der Waals surface area contributed by atoms with E-state index >= 15 is 0 Å². The second-order valence-corrected chi connectivity index (χ2v) is 0.930. The first-order valence-electron chi connectivity index (χ1n) is 3.67. The molecule has 0 saturated carbocycles. The highest BCUT2D eigenvalue weighted by Gasteiger charge is 1.81. The molecule has 0 bridgehead atoms. The third-order valence-electron chi connectivity index (χ3n) is 0.418. The number of aliphatic hydroxyl groups is 1. The lowest BCUT2D eigenvalue weighted by atomic mass is 10.3. The maximum Gasteiger partial charge on any atom is 0.0597 e. The maximum atomic E-state index is 8.57. The van der Waals surface area contributed by atoms with Gasteiger partial charge in [0.25, 0.3) is 0 Å². The van der Waals surface area contributed by atoms with E-state index in [1.165, 1.54) is 13.8 Å². The van der Waals surface area contributed by atoms with Crippen LogP contribution in [0.1, 0.15) is 26.0 Å². The second kappa shape index (κ2) is 2.21. The summed E-state index contributed by atoms with van der Waals surface area (Å²) < 4.78 is 23.5. The van der Waals surface area contributed by atoms with E-state index in [1.54, 1.807) is 0 Å². The minimum absolute atomic E-state index is 0.729. The molecule has 1 nitrogen and oxygen atoms in total. The van der Waals surface area contributed by atoms with Crippen LogP contribution in [0.5, 0.6) is 0 Å². The molecule has 0 rings (SSSR count). The van der Waals surface area contributed by atoms with Gasteiger partial charge in [-0.05, 0) is 13.3 Å². The topological polar surface area (TPSA) is 20.2 Å². The van der Waals surface area contributed by atoms with Crippen LogP contribution in [0.25, 0.3) is 0 Å². The molecule has 0 aliphatic heterocycles. The zero-order chi connectivity index (χ0) is 8.08. The van der Waals surface area contributed by atoms with Gasteiger partial charge >= 0.3 is 0 Å². The molecule has 34 valence electrons. The van der Waals surface area contributed by atoms with Crippen LogP contribution in [0.15, 0.2) is 0 Å². The molecule has 1 heteroatoms. The van der Waals surface area contributed by atoms with Crippen molar-refractivity contribution < 1.29 is 10.8 Å². The Kier molecular flexibility index (Phi) is 0.711. The molecule has 2 unspecified atom stereocenters. The first-order chi connectivity index (χ1) is 3.94. The van der Waals surface area contributed by atoms with Crippen LogP contribution in [0.4, 0.5) is 0 Å². The normalized spacial score (nSPS) is 35.0. The molecule has 0 fully saturated rings. The predicted molar refractivity (Wildman–Crippen MR) is 24.1 cm³/mol. The third-order valence-corrected chi connectivity index (χ3v) is 0.418. The van der Waals surface area contributed by atoms with Crippen molar-refractivity contribution in [2.45, 2.75) is 26.3 Å². The molecule has 2 atom stereocenters. The number of rotatable bonds is 1. The van der Waals surface area contributed by atoms with Crippen molar-refractivity contribution >= 4 is 0 Å². The van der Waals surface area contributed by atoms with Crippen LogP contribution in [-0.4, -0.2) is 11.2 Å². The molecule has 5 heavy (non-hydrogen) atoms. The summed E-state index contributed by atoms with van der Waals surface area (Å²) in [6.07, 6.45) is -2.31. The van der Waals surface area contributed by atoms with Crippen molar-refractivity contribution in [2.24, 2.45) is 0 Å². The summed E-state index contributed by atoms with van der Waals surface area (Å²) in [6.45, 7) is 2.78. The maximum absolute atomic E-state index is 8.57. The van der Waals surface area contributed by atoms with Crippen molar-refractivity contribution in [1.29, 1.82) is 0 Å². The molecule has 0 aliphatic carbocycles. The molecule has 1 N–H and O–H groups in total. The Morgan fingerprint density at radius 1 is 2.80 bits per heavy atom. The standard InChI is InChI=1S/C4H10O.H2/c1-3-4(2)5;/h4-5H,3H2,1-2H3;1H/i3D,4D;1+1D. The summed E-state index contributed by atoms with van der Waals surface area (Å²) in [6, 6.07) is 0. The van der Waals surface area contributed by atoms with E-state index in [0.717, 1.165) is 0 Å². The van der Waals surface area contributed by atoms with Gasteiger partial charge in [-0.2, -0.15) is 0 Å². The van der Waals surface area contributed by atoms with Crippen molar-refractivity contribution in [3.8, 4) is 0 Å². The average molecular weight is 80.2 g/mol. The zero-order valence-corrected chi connectivity index (χ0v) is 3.52. The van der Waals surface area contributed by atoms with Gasteiger partial charge in [0.2, 0.25) is 0 Å². The van der Waals surface area contributed by atoms with E-state index in [1.807, 2.05) is 0 Å². The Morgan fingerprint density at radius 3 is 3.00 bits per heavy atom. The van der Waals surface area contributed by atoms with Gasteiger partial charge in [0.1, 0.15) is 0 Å². The fraction of sp³-hybridized carbons (Fsp3) is 1.00. The molecule has 0 aromatic heterocycles. The SMILES string of the molecule is [2H]C(C)C([2H])(C)O.[2H][2H]. The Hall–Kier alpha value is -0.0400. The zero-order valence-electron chi connectivity index (χ0n) is 7.52. The van der Waals surface area contributed by atoms with E-state index in [-0.39, 0.29) is 0 Å². The lowest BCUT2D eigenvalue weighted by Crippen LogP contribution is -1.93. The van der Waals surface area contributed by atoms with Gasteiger partial charge < -0.3 is 5.11 Å². The lowest BCUT2D eigenvalue weighted by molar-refractivity contribution is 0.191. The first-order valence-corrected chi connectivity index (χ1v) is 1.59. The molecule has 0 amide bonds. The first kappa shape index (κ1) is 1.61. The molecular weight excluding hydrogens is 64.0 g/mol. The van der Waals surface area contributed by atoms with Crippen LogP contribution in [-0.2, 0) is 0 Å². The molecule has 0 spiro atoms. The highest BCUT2D eigenvalue weighted by Crippen LogP contribution is 1.81. The Bertz CT molecular complexity index is 58.1. The lowest BCUT2D eigenvalue weighted by Gasteiger charge is -1.90. The predicted octanol–water partition coefficient (Wildman–Crippen LogP) is 1.02. The van der Waals surface area contributed by atoms with E-state index in [2.05, 4.69) is 0 Å². The van der Waals surface area contributed by atoms with E-state index in [4.69, 9.17) is 10.8 Å². The molecular formula is C4H12O. The van der Waals surface area contributed by atoms with Crippen LogP contribution < -0.4 is 0 Å². The van der Waals surface area contributed by atoms with Crippen LogP contribution in [0.3, 0.4) is 0 Å². The summed E-state index contributed by atoms with van der Waals surface area (Å²) in [5.41, 5.74) is 0. The molecule has 0 radical (unpaired) electrons. The van der Waals surface area contributed by atoms with Gasteiger partial charge in [-0.1, -0.05) is 6.92 Å².